The highest BCUT2D eigenvalue weighted by Crippen LogP contribution is 2.60. The molecule has 11 heteroatoms. The smallest absolute Gasteiger partial charge is 0.285 e. The quantitative estimate of drug-likeness (QED) is 0.378. The average Bonchev–Trinajstić information content (AvgIpc) is 3.00. The van der Waals surface area contributed by atoms with Gasteiger partial charge >= 0.3 is 0 Å². The van der Waals surface area contributed by atoms with Crippen molar-refractivity contribution in [1.29, 1.82) is 0 Å². The van der Waals surface area contributed by atoms with E-state index in [2.05, 4.69) is 47.6 Å². The van der Waals surface area contributed by atoms with Crippen LogP contribution >= 0.6 is 0 Å². The maximum atomic E-state index is 13.1. The molecule has 10 nitrogen and oxygen atoms in total. The highest BCUT2D eigenvalue weighted by atomic mass is 32.2. The molecule has 4 saturated carbocycles. The molecule has 0 unspecified atom stereocenters. The lowest BCUT2D eigenvalue weighted by molar-refractivity contribution is -0.0391. The van der Waals surface area contributed by atoms with Crippen molar-refractivity contribution in [1.82, 2.24) is 24.8 Å². The summed E-state index contributed by atoms with van der Waals surface area (Å²) in [5.41, 5.74) is 2.54. The zero-order valence-electron chi connectivity index (χ0n) is 25.2. The number of hydrogen-bond donors (Lipinski definition) is 2. The first-order chi connectivity index (χ1) is 21.7. The predicted molar refractivity (Wildman–Crippen MR) is 170 cm³/mol. The fraction of sp³-hybridized carbons (Fsp3) is 0.471. The molecule has 1 saturated heterocycles. The Morgan fingerprint density at radius 1 is 0.933 bits per heavy atom. The van der Waals surface area contributed by atoms with Gasteiger partial charge in [0.15, 0.2) is 11.5 Å². The topological polar surface area (TPSA) is 129 Å². The number of amides is 1. The van der Waals surface area contributed by atoms with Crippen molar-refractivity contribution in [3.05, 3.63) is 77.2 Å². The zero-order valence-corrected chi connectivity index (χ0v) is 26.0. The second-order valence-corrected chi connectivity index (χ2v) is 15.2. The van der Waals surface area contributed by atoms with Crippen molar-refractivity contribution in [2.75, 3.05) is 36.8 Å². The Kier molecular flexibility index (Phi) is 7.96. The summed E-state index contributed by atoms with van der Waals surface area (Å²) in [6.45, 7) is 3.85. The van der Waals surface area contributed by atoms with E-state index in [-0.39, 0.29) is 22.6 Å². The SMILES string of the molecule is O=C(NS(=O)(=O)CC12CC3CC(CC(C3)C1)C2)c1ccc(N2CCN(Cc3ccccc3C#Cc3cncc(O)c3)CC2)nn1. The second kappa shape index (κ2) is 12.1. The molecule has 3 aromatic rings. The van der Waals surface area contributed by atoms with Gasteiger partial charge in [-0.2, -0.15) is 0 Å². The highest BCUT2D eigenvalue weighted by Gasteiger charge is 2.52. The summed E-state index contributed by atoms with van der Waals surface area (Å²) in [6, 6.07) is 12.9. The standard InChI is InChI=1S/C34H38N6O4S/c41-30-16-24(20-35-21-30)5-6-28-3-1-2-4-29(28)22-39-9-11-40(12-10-39)32-8-7-31(36-37-32)33(42)38-45(43,44)23-34-17-25-13-26(18-34)15-27(14-25)19-34/h1-4,7-8,16,20-21,25-27,41H,9-15,17-19,22-23H2,(H,38,42). The lowest BCUT2D eigenvalue weighted by Gasteiger charge is -2.56. The molecular formula is C34H38N6O4S. The van der Waals surface area contributed by atoms with E-state index in [1.54, 1.807) is 24.4 Å². The van der Waals surface area contributed by atoms with Crippen LogP contribution in [0.4, 0.5) is 5.82 Å². The largest absolute Gasteiger partial charge is 0.506 e. The van der Waals surface area contributed by atoms with Crippen LogP contribution in [0.3, 0.4) is 0 Å². The molecule has 4 aliphatic carbocycles. The Bertz CT molecular complexity index is 1710. The normalized spacial score (nSPS) is 25.9. The van der Waals surface area contributed by atoms with Gasteiger partial charge in [0.25, 0.3) is 5.91 Å². The molecule has 1 aliphatic heterocycles. The number of carbonyl (C=O) groups excluding carboxylic acids is 1. The first kappa shape index (κ1) is 29.7. The first-order valence-corrected chi connectivity index (χ1v) is 17.5. The third-order valence-electron chi connectivity index (χ3n) is 9.97. The Hall–Kier alpha value is -4.01. The zero-order chi connectivity index (χ0) is 31.0. The van der Waals surface area contributed by atoms with Crippen LogP contribution in [0.25, 0.3) is 0 Å². The van der Waals surface area contributed by atoms with Gasteiger partial charge in [0.2, 0.25) is 10.0 Å². The number of rotatable bonds is 7. The lowest BCUT2D eigenvalue weighted by atomic mass is 9.50. The molecule has 45 heavy (non-hydrogen) atoms. The van der Waals surface area contributed by atoms with Crippen molar-refractivity contribution >= 4 is 21.7 Å². The number of aromatic nitrogens is 3. The highest BCUT2D eigenvalue weighted by molar-refractivity contribution is 7.90. The van der Waals surface area contributed by atoms with Crippen molar-refractivity contribution in [3.8, 4) is 17.6 Å². The van der Waals surface area contributed by atoms with Crippen LogP contribution in [0.2, 0.25) is 0 Å². The second-order valence-electron chi connectivity index (χ2n) is 13.5. The van der Waals surface area contributed by atoms with Crippen LogP contribution in [-0.2, 0) is 16.6 Å². The van der Waals surface area contributed by atoms with E-state index in [9.17, 15) is 18.3 Å². The summed E-state index contributed by atoms with van der Waals surface area (Å²) in [7, 11) is -3.78. The van der Waals surface area contributed by atoms with Gasteiger partial charge in [0.05, 0.1) is 11.9 Å². The third-order valence-corrected chi connectivity index (χ3v) is 11.5. The molecule has 234 valence electrons. The van der Waals surface area contributed by atoms with Gasteiger partial charge in [0, 0.05) is 50.0 Å². The van der Waals surface area contributed by atoms with Crippen LogP contribution in [0.15, 0.2) is 54.9 Å². The van der Waals surface area contributed by atoms with E-state index < -0.39 is 15.9 Å². The van der Waals surface area contributed by atoms with Crippen molar-refractivity contribution in [2.45, 2.75) is 45.1 Å². The van der Waals surface area contributed by atoms with Crippen LogP contribution in [0.1, 0.15) is 65.7 Å². The molecule has 2 aromatic heterocycles. The molecule has 8 rings (SSSR count). The van der Waals surface area contributed by atoms with Crippen molar-refractivity contribution in [3.63, 3.8) is 0 Å². The number of anilines is 1. The summed E-state index contributed by atoms with van der Waals surface area (Å²) in [4.78, 5) is 21.3. The van der Waals surface area contributed by atoms with Gasteiger partial charge in [-0.25, -0.2) is 13.1 Å². The Balaban J connectivity index is 0.925. The molecule has 3 heterocycles. The van der Waals surface area contributed by atoms with E-state index in [4.69, 9.17) is 0 Å². The van der Waals surface area contributed by atoms with Crippen LogP contribution in [-0.4, -0.2) is 71.4 Å². The summed E-state index contributed by atoms with van der Waals surface area (Å²) >= 11 is 0. The Labute approximate surface area is 264 Å². The summed E-state index contributed by atoms with van der Waals surface area (Å²) in [5.74, 6) is 8.30. The molecule has 5 aliphatic rings. The first-order valence-electron chi connectivity index (χ1n) is 15.8. The Morgan fingerprint density at radius 3 is 2.31 bits per heavy atom. The van der Waals surface area contributed by atoms with Gasteiger partial charge in [-0.15, -0.1) is 10.2 Å². The van der Waals surface area contributed by atoms with Gasteiger partial charge in [-0.1, -0.05) is 30.0 Å². The molecule has 0 atom stereocenters. The minimum atomic E-state index is -3.78. The minimum absolute atomic E-state index is 0.00526. The van der Waals surface area contributed by atoms with E-state index >= 15 is 0 Å². The van der Waals surface area contributed by atoms with E-state index in [0.717, 1.165) is 63.1 Å². The van der Waals surface area contributed by atoms with E-state index in [1.165, 1.54) is 25.5 Å². The summed E-state index contributed by atoms with van der Waals surface area (Å²) in [6.07, 6.45) is 9.64. The summed E-state index contributed by atoms with van der Waals surface area (Å²) < 4.78 is 28.5. The molecule has 1 aromatic carbocycles. The summed E-state index contributed by atoms with van der Waals surface area (Å²) in [5, 5.41) is 18.0. The predicted octanol–water partition coefficient (Wildman–Crippen LogP) is 3.58. The van der Waals surface area contributed by atoms with Gasteiger partial charge in [0.1, 0.15) is 5.75 Å². The number of carbonyl (C=O) groups is 1. The molecular weight excluding hydrogens is 588 g/mol. The minimum Gasteiger partial charge on any atom is -0.506 e. The van der Waals surface area contributed by atoms with Crippen LogP contribution in [0.5, 0.6) is 5.75 Å². The van der Waals surface area contributed by atoms with E-state index in [1.807, 2.05) is 18.2 Å². The number of aromatic hydroxyl groups is 1. The van der Waals surface area contributed by atoms with Crippen LogP contribution < -0.4 is 9.62 Å². The average molecular weight is 627 g/mol. The molecule has 2 N–H and O–H groups in total. The fourth-order valence-corrected chi connectivity index (χ4v) is 10.1. The molecule has 5 fully saturated rings. The number of sulfonamides is 1. The Morgan fingerprint density at radius 2 is 1.64 bits per heavy atom. The van der Waals surface area contributed by atoms with E-state index in [0.29, 0.717) is 29.1 Å². The van der Waals surface area contributed by atoms with Gasteiger partial charge in [-0.3, -0.25) is 14.7 Å². The number of pyridine rings is 1. The molecule has 4 bridgehead atoms. The monoisotopic (exact) mass is 626 g/mol. The lowest BCUT2D eigenvalue weighted by Crippen LogP contribution is -2.51. The molecule has 0 radical (unpaired) electrons. The number of nitrogens with zero attached hydrogens (tertiary/aromatic N) is 5. The van der Waals surface area contributed by atoms with Gasteiger partial charge in [-0.05, 0) is 91.5 Å². The number of piperazine rings is 1. The van der Waals surface area contributed by atoms with Crippen molar-refractivity contribution < 1.29 is 18.3 Å². The fourth-order valence-electron chi connectivity index (χ4n) is 8.51. The van der Waals surface area contributed by atoms with Crippen LogP contribution in [0, 0.1) is 35.0 Å². The maximum Gasteiger partial charge on any atom is 0.285 e. The third kappa shape index (κ3) is 6.82. The molecule has 0 spiro atoms. The van der Waals surface area contributed by atoms with Crippen molar-refractivity contribution in [2.24, 2.45) is 23.2 Å². The number of nitrogens with one attached hydrogen (secondary N) is 1. The van der Waals surface area contributed by atoms with Gasteiger partial charge < -0.3 is 10.0 Å². The maximum absolute atomic E-state index is 13.1. The molecule has 1 amide bonds. The number of benzene rings is 1. The number of hydrogen-bond acceptors (Lipinski definition) is 9.